The van der Waals surface area contributed by atoms with E-state index in [2.05, 4.69) is 10.6 Å². The first-order chi connectivity index (χ1) is 16.9. The molecule has 186 valence electrons. The largest absolute Gasteiger partial charge is 0.462 e. The number of fused-ring (bicyclic) bond motifs is 1. The van der Waals surface area contributed by atoms with E-state index in [4.69, 9.17) is 21.7 Å². The minimum absolute atomic E-state index is 0.00132. The van der Waals surface area contributed by atoms with E-state index in [1.807, 2.05) is 4.90 Å². The molecule has 0 spiro atoms. The highest BCUT2D eigenvalue weighted by molar-refractivity contribution is 7.80. The van der Waals surface area contributed by atoms with Gasteiger partial charge < -0.3 is 19.7 Å². The lowest BCUT2D eigenvalue weighted by Crippen LogP contribution is -2.39. The summed E-state index contributed by atoms with van der Waals surface area (Å²) >= 11 is 6.83. The number of non-ortho nitro benzene ring substituents is 1. The third-order valence-corrected chi connectivity index (χ3v) is 7.30. The number of aryl methyl sites for hydroxylation is 1. The van der Waals surface area contributed by atoms with Crippen LogP contribution in [0.4, 0.5) is 16.4 Å². The average Bonchev–Trinajstić information content (AvgIpc) is 3.21. The number of rotatable bonds is 6. The predicted molar refractivity (Wildman–Crippen MR) is 137 cm³/mol. The van der Waals surface area contributed by atoms with Crippen molar-refractivity contribution in [2.45, 2.75) is 32.6 Å². The van der Waals surface area contributed by atoms with Gasteiger partial charge in [0.2, 0.25) is 0 Å². The van der Waals surface area contributed by atoms with E-state index in [1.165, 1.54) is 23.5 Å². The van der Waals surface area contributed by atoms with Crippen molar-refractivity contribution >= 4 is 56.9 Å². The van der Waals surface area contributed by atoms with Crippen LogP contribution in [0.15, 0.2) is 18.2 Å². The van der Waals surface area contributed by atoms with Crippen molar-refractivity contribution in [3.8, 4) is 0 Å². The zero-order chi connectivity index (χ0) is 24.9. The Morgan fingerprint density at radius 3 is 2.71 bits per heavy atom. The van der Waals surface area contributed by atoms with Gasteiger partial charge in [-0.2, -0.15) is 0 Å². The first-order valence-corrected chi connectivity index (χ1v) is 12.7. The molecular formula is C23H26N4O6S2. The number of esters is 1. The molecule has 1 amide bonds. The molecule has 2 aliphatic rings. The van der Waals surface area contributed by atoms with Gasteiger partial charge >= 0.3 is 5.97 Å². The topological polar surface area (TPSA) is 123 Å². The molecule has 4 rings (SSSR count). The molecule has 10 nitrogen and oxygen atoms in total. The van der Waals surface area contributed by atoms with Gasteiger partial charge in [-0.1, -0.05) is 0 Å². The fourth-order valence-corrected chi connectivity index (χ4v) is 5.82. The van der Waals surface area contributed by atoms with Gasteiger partial charge in [-0.25, -0.2) is 4.79 Å². The third kappa shape index (κ3) is 5.60. The van der Waals surface area contributed by atoms with Gasteiger partial charge in [-0.15, -0.1) is 11.3 Å². The predicted octanol–water partition coefficient (Wildman–Crippen LogP) is 3.68. The lowest BCUT2D eigenvalue weighted by molar-refractivity contribution is -0.384. The molecule has 2 N–H and O–H groups in total. The monoisotopic (exact) mass is 518 g/mol. The molecule has 1 saturated heterocycles. The summed E-state index contributed by atoms with van der Waals surface area (Å²) in [6.45, 7) is 4.12. The maximum Gasteiger partial charge on any atom is 0.341 e. The molecule has 0 radical (unpaired) electrons. The van der Waals surface area contributed by atoms with Crippen molar-refractivity contribution in [1.82, 2.24) is 5.32 Å². The van der Waals surface area contributed by atoms with E-state index >= 15 is 0 Å². The Balaban J connectivity index is 1.57. The Bertz CT molecular complexity index is 1160. The van der Waals surface area contributed by atoms with E-state index in [-0.39, 0.29) is 23.0 Å². The molecule has 1 aliphatic heterocycles. The minimum Gasteiger partial charge on any atom is -0.462 e. The molecule has 1 aromatic heterocycles. The SMILES string of the molecule is CCOC(=O)c1c(NC(=S)NC(=O)c2cc([N+](=O)[O-])ccc2N2CCOCC2)sc2c1CCCC2. The van der Waals surface area contributed by atoms with Crippen molar-refractivity contribution in [1.29, 1.82) is 0 Å². The number of hydrogen-bond donors (Lipinski definition) is 2. The molecular weight excluding hydrogens is 492 g/mol. The van der Waals surface area contributed by atoms with Crippen molar-refractivity contribution in [3.05, 3.63) is 49.9 Å². The van der Waals surface area contributed by atoms with Crippen LogP contribution in [0.25, 0.3) is 0 Å². The quantitative estimate of drug-likeness (QED) is 0.255. The molecule has 0 bridgehead atoms. The molecule has 12 heteroatoms. The summed E-state index contributed by atoms with van der Waals surface area (Å²) < 4.78 is 10.6. The fraction of sp³-hybridized carbons (Fsp3) is 0.435. The highest BCUT2D eigenvalue weighted by Crippen LogP contribution is 2.38. The highest BCUT2D eigenvalue weighted by atomic mass is 32.1. The molecule has 0 atom stereocenters. The van der Waals surface area contributed by atoms with Crippen LogP contribution in [-0.2, 0) is 22.3 Å². The molecule has 0 unspecified atom stereocenters. The van der Waals surface area contributed by atoms with Gasteiger partial charge in [0.05, 0.1) is 41.6 Å². The first kappa shape index (κ1) is 25.0. The van der Waals surface area contributed by atoms with Gasteiger partial charge in [0, 0.05) is 30.1 Å². The molecule has 2 heterocycles. The number of thiocarbonyl (C=S) groups is 1. The Labute approximate surface area is 211 Å². The molecule has 0 saturated carbocycles. The van der Waals surface area contributed by atoms with E-state index in [9.17, 15) is 19.7 Å². The summed E-state index contributed by atoms with van der Waals surface area (Å²) in [5.41, 5.74) is 1.96. The summed E-state index contributed by atoms with van der Waals surface area (Å²) in [5, 5.41) is 17.5. The molecule has 35 heavy (non-hydrogen) atoms. The van der Waals surface area contributed by atoms with Crippen molar-refractivity contribution in [3.63, 3.8) is 0 Å². The number of anilines is 2. The van der Waals surface area contributed by atoms with Gasteiger partial charge in [0.15, 0.2) is 5.11 Å². The standard InChI is InChI=1S/C23H26N4O6S2/c1-2-33-22(29)19-15-5-3-4-6-18(15)35-21(19)25-23(34)24-20(28)16-13-14(27(30)31)7-8-17(16)26-9-11-32-12-10-26/h7-8,13H,2-6,9-12H2,1H3,(H2,24,25,28,34). The lowest BCUT2D eigenvalue weighted by atomic mass is 9.95. The Hall–Kier alpha value is -3.09. The number of nitrogens with zero attached hydrogens (tertiary/aromatic N) is 2. The van der Waals surface area contributed by atoms with Crippen LogP contribution >= 0.6 is 23.6 Å². The van der Waals surface area contributed by atoms with Crippen molar-refractivity contribution in [2.24, 2.45) is 0 Å². The summed E-state index contributed by atoms with van der Waals surface area (Å²) in [5.74, 6) is -0.997. The van der Waals surface area contributed by atoms with Crippen LogP contribution in [0.2, 0.25) is 0 Å². The maximum atomic E-state index is 13.2. The third-order valence-electron chi connectivity index (χ3n) is 5.89. The Morgan fingerprint density at radius 1 is 1.26 bits per heavy atom. The maximum absolute atomic E-state index is 13.2. The number of morpholine rings is 1. The first-order valence-electron chi connectivity index (χ1n) is 11.4. The summed E-state index contributed by atoms with van der Waals surface area (Å²) in [6, 6.07) is 4.19. The number of carbonyl (C=O) groups is 2. The second-order valence-corrected chi connectivity index (χ2v) is 9.62. The second kappa shape index (κ2) is 11.1. The summed E-state index contributed by atoms with van der Waals surface area (Å²) in [4.78, 5) is 39.7. The van der Waals surface area contributed by atoms with Gasteiger partial charge in [-0.3, -0.25) is 20.2 Å². The molecule has 1 aliphatic carbocycles. The van der Waals surface area contributed by atoms with E-state index in [1.54, 1.807) is 13.0 Å². The van der Waals surface area contributed by atoms with Gasteiger partial charge in [-0.05, 0) is 56.5 Å². The van der Waals surface area contributed by atoms with Crippen molar-refractivity contribution in [2.75, 3.05) is 43.1 Å². The van der Waals surface area contributed by atoms with Gasteiger partial charge in [0.1, 0.15) is 5.00 Å². The summed E-state index contributed by atoms with van der Waals surface area (Å²) in [6.07, 6.45) is 3.71. The molecule has 1 fully saturated rings. The van der Waals surface area contributed by atoms with Crippen LogP contribution < -0.4 is 15.5 Å². The number of carbonyl (C=O) groups excluding carboxylic acids is 2. The number of nitrogens with one attached hydrogen (secondary N) is 2. The molecule has 1 aromatic carbocycles. The number of nitro benzene ring substituents is 1. The van der Waals surface area contributed by atoms with Gasteiger partial charge in [0.25, 0.3) is 11.6 Å². The number of benzene rings is 1. The molecule has 2 aromatic rings. The van der Waals surface area contributed by atoms with Crippen LogP contribution in [0.1, 0.15) is 50.9 Å². The minimum atomic E-state index is -0.577. The smallest absolute Gasteiger partial charge is 0.341 e. The number of hydrogen-bond acceptors (Lipinski definition) is 9. The zero-order valence-corrected chi connectivity index (χ0v) is 20.9. The second-order valence-electron chi connectivity index (χ2n) is 8.10. The van der Waals surface area contributed by atoms with Crippen LogP contribution in [-0.4, -0.2) is 54.8 Å². The number of nitro groups is 1. The average molecular weight is 519 g/mol. The van der Waals surface area contributed by atoms with Crippen LogP contribution in [0.5, 0.6) is 0 Å². The van der Waals surface area contributed by atoms with E-state index in [0.29, 0.717) is 42.6 Å². The number of amides is 1. The number of ether oxygens (including phenoxy) is 2. The number of thiophene rings is 1. The van der Waals surface area contributed by atoms with E-state index < -0.39 is 16.8 Å². The van der Waals surface area contributed by atoms with Crippen LogP contribution in [0, 0.1) is 10.1 Å². The normalized spacial score (nSPS) is 15.2. The Morgan fingerprint density at radius 2 is 2.00 bits per heavy atom. The highest BCUT2D eigenvalue weighted by Gasteiger charge is 2.28. The summed E-state index contributed by atoms with van der Waals surface area (Å²) in [7, 11) is 0. The lowest BCUT2D eigenvalue weighted by Gasteiger charge is -2.30. The Kier molecular flexibility index (Phi) is 7.93. The zero-order valence-electron chi connectivity index (χ0n) is 19.3. The van der Waals surface area contributed by atoms with E-state index in [0.717, 1.165) is 36.1 Å². The van der Waals surface area contributed by atoms with Crippen molar-refractivity contribution < 1.29 is 24.0 Å². The fourth-order valence-electron chi connectivity index (χ4n) is 4.28. The van der Waals surface area contributed by atoms with Crippen LogP contribution in [0.3, 0.4) is 0 Å².